The summed E-state index contributed by atoms with van der Waals surface area (Å²) in [6.45, 7) is 1.13. The van der Waals surface area contributed by atoms with Crippen molar-refractivity contribution in [2.24, 2.45) is 0 Å². The average molecular weight is 327 g/mol. The van der Waals surface area contributed by atoms with Gasteiger partial charge in [0.1, 0.15) is 19.3 Å². The first-order valence-electron chi connectivity index (χ1n) is 5.55. The van der Waals surface area contributed by atoms with Crippen LogP contribution in [0.3, 0.4) is 0 Å². The summed E-state index contributed by atoms with van der Waals surface area (Å²) in [6, 6.07) is 7.47. The quantitative estimate of drug-likeness (QED) is 0.919. The topological polar surface area (TPSA) is 38.7 Å². The van der Waals surface area contributed by atoms with E-state index in [1.165, 1.54) is 0 Å². The van der Waals surface area contributed by atoms with Gasteiger partial charge in [0.15, 0.2) is 11.5 Å². The van der Waals surface area contributed by atoms with Crippen molar-refractivity contribution >= 4 is 27.3 Å². The minimum absolute atomic E-state index is 0.552. The first-order valence-corrected chi connectivity index (χ1v) is 7.23. The minimum atomic E-state index is -0.636. The number of aliphatic hydroxyl groups is 1. The summed E-state index contributed by atoms with van der Waals surface area (Å²) in [6.07, 6.45) is -0.636. The number of benzene rings is 1. The van der Waals surface area contributed by atoms with Crippen molar-refractivity contribution in [3.8, 4) is 11.5 Å². The van der Waals surface area contributed by atoms with Crippen LogP contribution in [0, 0.1) is 0 Å². The third-order valence-corrected chi connectivity index (χ3v) is 4.31. The smallest absolute Gasteiger partial charge is 0.161 e. The number of aliphatic hydroxyl groups excluding tert-OH is 1. The number of hydrogen-bond acceptors (Lipinski definition) is 4. The van der Waals surface area contributed by atoms with Gasteiger partial charge >= 0.3 is 0 Å². The number of thiophene rings is 1. The minimum Gasteiger partial charge on any atom is -0.486 e. The monoisotopic (exact) mass is 326 g/mol. The molecular formula is C13H11BrO3S. The van der Waals surface area contributed by atoms with Gasteiger partial charge in [-0.05, 0) is 50.6 Å². The van der Waals surface area contributed by atoms with Gasteiger partial charge in [-0.1, -0.05) is 6.07 Å². The maximum Gasteiger partial charge on any atom is 0.161 e. The Kier molecular flexibility index (Phi) is 3.28. The molecule has 1 aromatic heterocycles. The van der Waals surface area contributed by atoms with Crippen molar-refractivity contribution in [1.82, 2.24) is 0 Å². The van der Waals surface area contributed by atoms with Crippen LogP contribution in [0.2, 0.25) is 0 Å². The van der Waals surface area contributed by atoms with E-state index in [9.17, 15) is 5.11 Å². The van der Waals surface area contributed by atoms with Gasteiger partial charge in [-0.2, -0.15) is 0 Å². The highest BCUT2D eigenvalue weighted by Gasteiger charge is 2.17. The maximum atomic E-state index is 10.3. The number of hydrogen-bond donors (Lipinski definition) is 1. The van der Waals surface area contributed by atoms with Gasteiger partial charge in [0, 0.05) is 0 Å². The third-order valence-electron chi connectivity index (χ3n) is 2.79. The van der Waals surface area contributed by atoms with Crippen molar-refractivity contribution in [3.05, 3.63) is 44.6 Å². The fourth-order valence-electron chi connectivity index (χ4n) is 1.89. The molecule has 1 aromatic carbocycles. The molecule has 0 bridgehead atoms. The Morgan fingerprint density at radius 1 is 1.11 bits per heavy atom. The van der Waals surface area contributed by atoms with Crippen LogP contribution in [-0.2, 0) is 0 Å². The highest BCUT2D eigenvalue weighted by atomic mass is 79.9. The van der Waals surface area contributed by atoms with E-state index in [1.807, 2.05) is 29.6 Å². The molecule has 0 amide bonds. The molecule has 3 rings (SSSR count). The van der Waals surface area contributed by atoms with Crippen LogP contribution in [0.25, 0.3) is 0 Å². The second-order valence-corrected chi connectivity index (χ2v) is 6.28. The molecule has 1 atom stereocenters. The van der Waals surface area contributed by atoms with Crippen molar-refractivity contribution in [2.75, 3.05) is 13.2 Å². The zero-order chi connectivity index (χ0) is 12.5. The summed E-state index contributed by atoms with van der Waals surface area (Å²) in [5.41, 5.74) is 1.69. The molecule has 0 radical (unpaired) electrons. The molecule has 0 spiro atoms. The lowest BCUT2D eigenvalue weighted by molar-refractivity contribution is 0.169. The van der Waals surface area contributed by atoms with Crippen molar-refractivity contribution < 1.29 is 14.6 Å². The maximum absolute atomic E-state index is 10.3. The second kappa shape index (κ2) is 4.91. The Morgan fingerprint density at radius 2 is 1.89 bits per heavy atom. The third kappa shape index (κ3) is 2.25. The van der Waals surface area contributed by atoms with E-state index in [0.717, 1.165) is 20.7 Å². The summed E-state index contributed by atoms with van der Waals surface area (Å²) in [5, 5.41) is 12.2. The lowest BCUT2D eigenvalue weighted by Gasteiger charge is -2.20. The number of halogens is 1. The molecule has 1 aliphatic rings. The predicted molar refractivity (Wildman–Crippen MR) is 73.5 cm³/mol. The van der Waals surface area contributed by atoms with E-state index in [0.29, 0.717) is 19.0 Å². The van der Waals surface area contributed by atoms with Gasteiger partial charge in [-0.25, -0.2) is 0 Å². The normalized spacial score (nSPS) is 15.4. The molecule has 1 aliphatic heterocycles. The predicted octanol–water partition coefficient (Wildman–Crippen LogP) is 3.36. The Morgan fingerprint density at radius 3 is 2.61 bits per heavy atom. The van der Waals surface area contributed by atoms with Gasteiger partial charge in [0.05, 0.1) is 3.79 Å². The van der Waals surface area contributed by atoms with Crippen LogP contribution < -0.4 is 9.47 Å². The van der Waals surface area contributed by atoms with Crippen LogP contribution in [0.5, 0.6) is 11.5 Å². The van der Waals surface area contributed by atoms with Crippen LogP contribution in [-0.4, -0.2) is 18.3 Å². The first kappa shape index (κ1) is 12.0. The Balaban J connectivity index is 1.92. The molecular weight excluding hydrogens is 316 g/mol. The van der Waals surface area contributed by atoms with E-state index in [2.05, 4.69) is 15.9 Å². The van der Waals surface area contributed by atoms with Gasteiger partial charge in [-0.3, -0.25) is 0 Å². The van der Waals surface area contributed by atoms with E-state index in [4.69, 9.17) is 9.47 Å². The molecule has 2 heterocycles. The van der Waals surface area contributed by atoms with Gasteiger partial charge in [-0.15, -0.1) is 11.3 Å². The van der Waals surface area contributed by atoms with Crippen molar-refractivity contribution in [1.29, 1.82) is 0 Å². The highest BCUT2D eigenvalue weighted by molar-refractivity contribution is 9.11. The molecule has 5 heteroatoms. The molecule has 1 unspecified atom stereocenters. The zero-order valence-corrected chi connectivity index (χ0v) is 11.8. The highest BCUT2D eigenvalue weighted by Crippen LogP contribution is 2.35. The zero-order valence-electron chi connectivity index (χ0n) is 9.43. The molecule has 0 fully saturated rings. The first-order chi connectivity index (χ1) is 8.74. The second-order valence-electron chi connectivity index (χ2n) is 3.99. The van der Waals surface area contributed by atoms with Gasteiger partial charge in [0.2, 0.25) is 0 Å². The molecule has 0 aliphatic carbocycles. The van der Waals surface area contributed by atoms with Crippen LogP contribution in [0.4, 0.5) is 0 Å². The van der Waals surface area contributed by atoms with Crippen molar-refractivity contribution in [3.63, 3.8) is 0 Å². The molecule has 18 heavy (non-hydrogen) atoms. The summed E-state index contributed by atoms with van der Waals surface area (Å²) in [7, 11) is 0. The lowest BCUT2D eigenvalue weighted by atomic mass is 10.0. The average Bonchev–Trinajstić information content (AvgIpc) is 2.84. The van der Waals surface area contributed by atoms with E-state index in [-0.39, 0.29) is 0 Å². The van der Waals surface area contributed by atoms with Gasteiger partial charge < -0.3 is 14.6 Å². The van der Waals surface area contributed by atoms with Crippen LogP contribution in [0.1, 0.15) is 17.2 Å². The lowest BCUT2D eigenvalue weighted by Crippen LogP contribution is -2.15. The van der Waals surface area contributed by atoms with Gasteiger partial charge in [0.25, 0.3) is 0 Å². The number of fused-ring (bicyclic) bond motifs is 1. The molecule has 0 saturated heterocycles. The molecule has 2 aromatic rings. The molecule has 1 N–H and O–H groups in total. The van der Waals surface area contributed by atoms with E-state index in [1.54, 1.807) is 11.3 Å². The van der Waals surface area contributed by atoms with Crippen LogP contribution in [0.15, 0.2) is 33.4 Å². The number of rotatable bonds is 2. The molecule has 0 saturated carbocycles. The molecule has 94 valence electrons. The summed E-state index contributed by atoms with van der Waals surface area (Å²) in [4.78, 5) is 0. The summed E-state index contributed by atoms with van der Waals surface area (Å²) < 4.78 is 12.0. The fourth-order valence-corrected chi connectivity index (χ4v) is 3.08. The Bertz CT molecular complexity index is 567. The van der Waals surface area contributed by atoms with E-state index >= 15 is 0 Å². The summed E-state index contributed by atoms with van der Waals surface area (Å²) in [5.74, 6) is 1.44. The summed E-state index contributed by atoms with van der Waals surface area (Å²) >= 11 is 4.95. The van der Waals surface area contributed by atoms with E-state index < -0.39 is 6.10 Å². The largest absolute Gasteiger partial charge is 0.486 e. The Labute approximate surface area is 117 Å². The number of ether oxygens (including phenoxy) is 2. The molecule has 3 nitrogen and oxygen atoms in total. The Hall–Kier alpha value is -1.04. The SMILES string of the molecule is OC(c1csc(Br)c1)c1ccc2c(c1)OCCO2. The van der Waals surface area contributed by atoms with Crippen LogP contribution >= 0.6 is 27.3 Å². The van der Waals surface area contributed by atoms with Crippen molar-refractivity contribution in [2.45, 2.75) is 6.10 Å². The standard InChI is InChI=1S/C13H11BrO3S/c14-12-6-9(7-18-12)13(15)8-1-2-10-11(5-8)17-4-3-16-10/h1-2,5-7,13,15H,3-4H2. The fraction of sp³-hybridized carbons (Fsp3) is 0.231.